The summed E-state index contributed by atoms with van der Waals surface area (Å²) in [5.74, 6) is 2.17. The largest absolute Gasteiger partial charge is 0.396 e. The van der Waals surface area contributed by atoms with E-state index in [9.17, 15) is 10.2 Å². The highest BCUT2D eigenvalue weighted by molar-refractivity contribution is 7.99. The molecule has 0 aromatic rings. The lowest BCUT2D eigenvalue weighted by atomic mass is 9.66. The van der Waals surface area contributed by atoms with E-state index in [1.807, 2.05) is 11.8 Å². The van der Waals surface area contributed by atoms with E-state index in [4.69, 9.17) is 0 Å². The van der Waals surface area contributed by atoms with Gasteiger partial charge in [-0.3, -0.25) is 0 Å². The molecule has 1 saturated carbocycles. The number of thioether (sulfide) groups is 1. The van der Waals surface area contributed by atoms with Crippen LogP contribution in [0, 0.1) is 10.8 Å². The van der Waals surface area contributed by atoms with Crippen molar-refractivity contribution in [2.75, 3.05) is 18.1 Å². The van der Waals surface area contributed by atoms with Crippen LogP contribution in [-0.2, 0) is 0 Å². The van der Waals surface area contributed by atoms with E-state index in [0.29, 0.717) is 0 Å². The zero-order valence-corrected chi connectivity index (χ0v) is 11.3. The third kappa shape index (κ3) is 2.02. The maximum atomic E-state index is 10.9. The molecule has 2 rings (SSSR count). The first-order valence-electron chi connectivity index (χ1n) is 6.34. The molecule has 1 aliphatic heterocycles. The first-order valence-corrected chi connectivity index (χ1v) is 7.50. The second kappa shape index (κ2) is 4.18. The van der Waals surface area contributed by atoms with Crippen molar-refractivity contribution in [3.05, 3.63) is 0 Å². The average molecular weight is 244 g/mol. The summed E-state index contributed by atoms with van der Waals surface area (Å²) in [6.07, 6.45) is 4.75. The van der Waals surface area contributed by atoms with Gasteiger partial charge in [0.2, 0.25) is 0 Å². The van der Waals surface area contributed by atoms with Crippen molar-refractivity contribution in [1.82, 2.24) is 0 Å². The van der Waals surface area contributed by atoms with Crippen LogP contribution in [0.25, 0.3) is 0 Å². The Bertz CT molecular complexity index is 259. The molecular formula is C13H24O2S. The van der Waals surface area contributed by atoms with Crippen LogP contribution in [0.3, 0.4) is 0 Å². The van der Waals surface area contributed by atoms with Gasteiger partial charge in [0.05, 0.1) is 12.2 Å². The van der Waals surface area contributed by atoms with Gasteiger partial charge >= 0.3 is 0 Å². The summed E-state index contributed by atoms with van der Waals surface area (Å²) in [4.78, 5) is 0. The number of aliphatic hydroxyl groups excluding tert-OH is 1. The van der Waals surface area contributed by atoms with Gasteiger partial charge in [-0.2, -0.15) is 11.8 Å². The molecule has 1 atom stereocenters. The van der Waals surface area contributed by atoms with Crippen LogP contribution in [0.4, 0.5) is 0 Å². The van der Waals surface area contributed by atoms with Gasteiger partial charge in [-0.1, -0.05) is 13.8 Å². The van der Waals surface area contributed by atoms with Crippen LogP contribution >= 0.6 is 11.8 Å². The molecule has 3 heteroatoms. The van der Waals surface area contributed by atoms with E-state index in [0.717, 1.165) is 43.6 Å². The molecule has 0 bridgehead atoms. The van der Waals surface area contributed by atoms with Gasteiger partial charge in [0.15, 0.2) is 0 Å². The molecule has 0 spiro atoms. The third-order valence-corrected chi connectivity index (χ3v) is 5.71. The summed E-state index contributed by atoms with van der Waals surface area (Å²) in [7, 11) is 0. The lowest BCUT2D eigenvalue weighted by Gasteiger charge is -2.47. The molecule has 16 heavy (non-hydrogen) atoms. The van der Waals surface area contributed by atoms with Gasteiger partial charge in [-0.25, -0.2) is 0 Å². The Hall–Kier alpha value is 0.270. The Balaban J connectivity index is 2.20. The first kappa shape index (κ1) is 12.7. The SMILES string of the molecule is CC1(C)CCC(O)(C2(CO)CCSCC2)C1. The van der Waals surface area contributed by atoms with Crippen molar-refractivity contribution in [3.63, 3.8) is 0 Å². The monoisotopic (exact) mass is 244 g/mol. The molecule has 0 radical (unpaired) electrons. The summed E-state index contributed by atoms with van der Waals surface area (Å²) < 4.78 is 0. The predicted molar refractivity (Wildman–Crippen MR) is 68.7 cm³/mol. The Morgan fingerprint density at radius 2 is 1.69 bits per heavy atom. The molecule has 0 aromatic heterocycles. The van der Waals surface area contributed by atoms with Gasteiger partial charge in [0.25, 0.3) is 0 Å². The van der Waals surface area contributed by atoms with Gasteiger partial charge in [0, 0.05) is 5.41 Å². The zero-order valence-electron chi connectivity index (χ0n) is 10.5. The lowest BCUT2D eigenvalue weighted by Crippen LogP contribution is -2.51. The smallest absolute Gasteiger partial charge is 0.0731 e. The minimum Gasteiger partial charge on any atom is -0.396 e. The maximum Gasteiger partial charge on any atom is 0.0731 e. The van der Waals surface area contributed by atoms with Gasteiger partial charge < -0.3 is 10.2 Å². The summed E-state index contributed by atoms with van der Waals surface area (Å²) in [5.41, 5.74) is -0.597. The molecule has 0 aromatic carbocycles. The normalized spacial score (nSPS) is 37.5. The van der Waals surface area contributed by atoms with Crippen LogP contribution in [0.5, 0.6) is 0 Å². The fourth-order valence-corrected chi connectivity index (χ4v) is 4.77. The summed E-state index contributed by atoms with van der Waals surface area (Å²) in [5, 5.41) is 20.7. The van der Waals surface area contributed by atoms with Gasteiger partial charge in [-0.15, -0.1) is 0 Å². The van der Waals surface area contributed by atoms with E-state index in [1.54, 1.807) is 0 Å². The number of rotatable bonds is 2. The van der Waals surface area contributed by atoms with E-state index < -0.39 is 5.60 Å². The third-order valence-electron chi connectivity index (χ3n) is 4.73. The molecule has 0 amide bonds. The number of hydrogen-bond donors (Lipinski definition) is 2. The average Bonchev–Trinajstić information content (AvgIpc) is 2.55. The molecule has 2 nitrogen and oxygen atoms in total. The Kier molecular flexibility index (Phi) is 3.32. The van der Waals surface area contributed by atoms with Crippen LogP contribution in [0.15, 0.2) is 0 Å². The highest BCUT2D eigenvalue weighted by atomic mass is 32.2. The Morgan fingerprint density at radius 1 is 1.06 bits per heavy atom. The second-order valence-electron chi connectivity index (χ2n) is 6.42. The van der Waals surface area contributed by atoms with E-state index in [-0.39, 0.29) is 17.4 Å². The van der Waals surface area contributed by atoms with Gasteiger partial charge in [-0.05, 0) is 49.0 Å². The molecule has 94 valence electrons. The molecule has 1 unspecified atom stereocenters. The molecule has 2 N–H and O–H groups in total. The highest BCUT2D eigenvalue weighted by Gasteiger charge is 2.55. The molecule has 2 fully saturated rings. The van der Waals surface area contributed by atoms with Crippen molar-refractivity contribution in [2.45, 2.75) is 51.6 Å². The van der Waals surface area contributed by atoms with Crippen LogP contribution < -0.4 is 0 Å². The Labute approximate surface area is 103 Å². The van der Waals surface area contributed by atoms with E-state index in [2.05, 4.69) is 13.8 Å². The fourth-order valence-electron chi connectivity index (χ4n) is 3.50. The fraction of sp³-hybridized carbons (Fsp3) is 1.00. The predicted octanol–water partition coefficient (Wildman–Crippen LogP) is 2.43. The highest BCUT2D eigenvalue weighted by Crippen LogP contribution is 2.55. The van der Waals surface area contributed by atoms with Crippen molar-refractivity contribution in [1.29, 1.82) is 0 Å². The minimum atomic E-state index is -0.619. The van der Waals surface area contributed by atoms with Crippen LogP contribution in [-0.4, -0.2) is 33.9 Å². The second-order valence-corrected chi connectivity index (χ2v) is 7.65. The molecule has 2 aliphatic rings. The molecule has 1 saturated heterocycles. The maximum absolute atomic E-state index is 10.9. The molecular weight excluding hydrogens is 220 g/mol. The number of aliphatic hydroxyl groups is 2. The molecule has 1 heterocycles. The summed E-state index contributed by atoms with van der Waals surface area (Å²) in [6.45, 7) is 4.61. The van der Waals surface area contributed by atoms with Crippen molar-refractivity contribution in [2.24, 2.45) is 10.8 Å². The quantitative estimate of drug-likeness (QED) is 0.784. The minimum absolute atomic E-state index is 0.153. The first-order chi connectivity index (χ1) is 7.43. The number of hydrogen-bond acceptors (Lipinski definition) is 3. The lowest BCUT2D eigenvalue weighted by molar-refractivity contribution is -0.115. The zero-order chi connectivity index (χ0) is 11.9. The molecule has 1 aliphatic carbocycles. The van der Waals surface area contributed by atoms with Crippen molar-refractivity contribution < 1.29 is 10.2 Å². The van der Waals surface area contributed by atoms with E-state index >= 15 is 0 Å². The Morgan fingerprint density at radius 3 is 2.12 bits per heavy atom. The van der Waals surface area contributed by atoms with Crippen LogP contribution in [0.2, 0.25) is 0 Å². The summed E-state index contributed by atoms with van der Waals surface area (Å²) >= 11 is 1.95. The van der Waals surface area contributed by atoms with Crippen molar-refractivity contribution in [3.8, 4) is 0 Å². The summed E-state index contributed by atoms with van der Waals surface area (Å²) in [6, 6.07) is 0. The van der Waals surface area contributed by atoms with E-state index in [1.165, 1.54) is 0 Å². The van der Waals surface area contributed by atoms with Gasteiger partial charge in [0.1, 0.15) is 0 Å². The van der Waals surface area contributed by atoms with Crippen LogP contribution in [0.1, 0.15) is 46.0 Å². The topological polar surface area (TPSA) is 40.5 Å². The standard InChI is InChI=1S/C13H24O2S/c1-11(2)3-4-13(15,9-11)12(10-14)5-7-16-8-6-12/h14-15H,3-10H2,1-2H3. The van der Waals surface area contributed by atoms with Crippen molar-refractivity contribution >= 4 is 11.8 Å².